The number of hydrogen-bond acceptors (Lipinski definition) is 3. The van der Waals surface area contributed by atoms with Crippen molar-refractivity contribution < 1.29 is 32.7 Å². The van der Waals surface area contributed by atoms with Gasteiger partial charge < -0.3 is 20.6 Å². The number of carboxylic acids is 1. The first-order chi connectivity index (χ1) is 18.3. The highest BCUT2D eigenvalue weighted by molar-refractivity contribution is 6.02. The molecule has 4 rings (SSSR count). The molecule has 3 aromatic rings. The first kappa shape index (κ1) is 27.7. The molecule has 0 bridgehead atoms. The maximum atomic E-state index is 14.1. The van der Waals surface area contributed by atoms with Gasteiger partial charge in [0, 0.05) is 23.5 Å². The molecule has 0 saturated heterocycles. The van der Waals surface area contributed by atoms with Crippen LogP contribution in [0.15, 0.2) is 54.6 Å². The fraction of sp³-hybridized carbons (Fsp3) is 0.276. The summed E-state index contributed by atoms with van der Waals surface area (Å²) in [6.07, 6.45) is -4.75. The molecule has 10 heteroatoms. The van der Waals surface area contributed by atoms with Crippen LogP contribution in [0.4, 0.5) is 29.3 Å². The van der Waals surface area contributed by atoms with E-state index in [4.69, 9.17) is 0 Å². The van der Waals surface area contributed by atoms with Crippen LogP contribution in [0.1, 0.15) is 46.5 Å². The highest BCUT2D eigenvalue weighted by Gasteiger charge is 2.39. The van der Waals surface area contributed by atoms with Crippen LogP contribution in [0, 0.1) is 19.8 Å². The second-order valence-electron chi connectivity index (χ2n) is 9.97. The highest BCUT2D eigenvalue weighted by Crippen LogP contribution is 2.40. The van der Waals surface area contributed by atoms with Crippen molar-refractivity contribution in [3.05, 3.63) is 82.4 Å². The number of amides is 3. The Balaban J connectivity index is 1.62. The lowest BCUT2D eigenvalue weighted by Gasteiger charge is -2.27. The molecule has 0 fully saturated rings. The first-order valence-corrected chi connectivity index (χ1v) is 12.3. The van der Waals surface area contributed by atoms with Gasteiger partial charge in [0.2, 0.25) is 0 Å². The summed E-state index contributed by atoms with van der Waals surface area (Å²) in [6, 6.07) is 11.4. The number of nitrogens with zero attached hydrogens (tertiary/aromatic N) is 1. The minimum absolute atomic E-state index is 0.0583. The van der Waals surface area contributed by atoms with E-state index in [0.717, 1.165) is 17.2 Å². The van der Waals surface area contributed by atoms with Crippen molar-refractivity contribution in [3.8, 4) is 11.1 Å². The Morgan fingerprint density at radius 1 is 0.897 bits per heavy atom. The lowest BCUT2D eigenvalue weighted by atomic mass is 9.95. The summed E-state index contributed by atoms with van der Waals surface area (Å²) >= 11 is 0. The minimum atomic E-state index is -4.75. The number of carbonyl (C=O) groups excluding carboxylic acids is 2. The van der Waals surface area contributed by atoms with E-state index in [-0.39, 0.29) is 34.8 Å². The van der Waals surface area contributed by atoms with Gasteiger partial charge in [-0.15, -0.1) is 0 Å². The van der Waals surface area contributed by atoms with Crippen LogP contribution in [0.5, 0.6) is 0 Å². The Morgan fingerprint density at radius 3 is 2.13 bits per heavy atom. The third-order valence-corrected chi connectivity index (χ3v) is 6.82. The van der Waals surface area contributed by atoms with Gasteiger partial charge in [0.25, 0.3) is 5.91 Å². The SMILES string of the molecule is Cc1ccc(NC(=O)Nc2ccc(-c3ccc4c(c3)C(=O)N(C(C(=O)O)C(C)C)C4)c(C(F)(F)F)c2)cc1C. The molecule has 0 saturated carbocycles. The quantitative estimate of drug-likeness (QED) is 0.325. The number of hydrogen-bond donors (Lipinski definition) is 3. The average Bonchev–Trinajstić information content (AvgIpc) is 3.15. The number of aliphatic carboxylic acids is 1. The predicted octanol–water partition coefficient (Wildman–Crippen LogP) is 6.70. The molecule has 0 radical (unpaired) electrons. The van der Waals surface area contributed by atoms with E-state index in [9.17, 15) is 32.7 Å². The number of alkyl halides is 3. The second-order valence-corrected chi connectivity index (χ2v) is 9.97. The summed E-state index contributed by atoms with van der Waals surface area (Å²) in [7, 11) is 0. The summed E-state index contributed by atoms with van der Waals surface area (Å²) < 4.78 is 42.3. The normalized spacial score (nSPS) is 13.8. The summed E-state index contributed by atoms with van der Waals surface area (Å²) in [4.78, 5) is 38.5. The van der Waals surface area contributed by atoms with Crippen LogP contribution < -0.4 is 10.6 Å². The minimum Gasteiger partial charge on any atom is -0.480 e. The van der Waals surface area contributed by atoms with Crippen molar-refractivity contribution in [2.24, 2.45) is 5.92 Å². The second kappa shape index (κ2) is 10.4. The number of aryl methyl sites for hydroxylation is 2. The zero-order valence-corrected chi connectivity index (χ0v) is 21.8. The molecule has 3 aromatic carbocycles. The monoisotopic (exact) mass is 539 g/mol. The molecule has 0 aromatic heterocycles. The number of rotatable bonds is 6. The molecule has 39 heavy (non-hydrogen) atoms. The van der Waals surface area contributed by atoms with E-state index in [1.807, 2.05) is 19.9 Å². The van der Waals surface area contributed by atoms with Crippen molar-refractivity contribution in [1.82, 2.24) is 4.90 Å². The number of nitrogens with one attached hydrogen (secondary N) is 2. The molecule has 1 aliphatic rings. The molecule has 3 N–H and O–H groups in total. The summed E-state index contributed by atoms with van der Waals surface area (Å²) in [5, 5.41) is 14.6. The zero-order chi connectivity index (χ0) is 28.6. The molecule has 0 spiro atoms. The fourth-order valence-electron chi connectivity index (χ4n) is 4.71. The molecular formula is C29H28F3N3O4. The molecule has 1 aliphatic heterocycles. The van der Waals surface area contributed by atoms with Crippen LogP contribution in [-0.2, 0) is 17.5 Å². The largest absolute Gasteiger partial charge is 0.480 e. The zero-order valence-electron chi connectivity index (χ0n) is 21.8. The Hall–Kier alpha value is -4.34. The lowest BCUT2D eigenvalue weighted by Crippen LogP contribution is -2.44. The van der Waals surface area contributed by atoms with Crippen molar-refractivity contribution in [1.29, 1.82) is 0 Å². The third-order valence-electron chi connectivity index (χ3n) is 6.82. The van der Waals surface area contributed by atoms with Crippen LogP contribution in [-0.4, -0.2) is 34.0 Å². The van der Waals surface area contributed by atoms with E-state index < -0.39 is 35.7 Å². The maximum absolute atomic E-state index is 14.1. The average molecular weight is 540 g/mol. The number of halogens is 3. The molecule has 7 nitrogen and oxygen atoms in total. The van der Waals surface area contributed by atoms with E-state index >= 15 is 0 Å². The maximum Gasteiger partial charge on any atom is 0.417 e. The van der Waals surface area contributed by atoms with Crippen LogP contribution in [0.25, 0.3) is 11.1 Å². The van der Waals surface area contributed by atoms with Gasteiger partial charge in [-0.2, -0.15) is 13.2 Å². The third kappa shape index (κ3) is 5.74. The topological polar surface area (TPSA) is 98.7 Å². The number of carboxylic acid groups (broad SMARTS) is 1. The first-order valence-electron chi connectivity index (χ1n) is 12.3. The van der Waals surface area contributed by atoms with Crippen LogP contribution in [0.2, 0.25) is 0 Å². The summed E-state index contributed by atoms with van der Waals surface area (Å²) in [5.74, 6) is -2.04. The Labute approximate surface area is 223 Å². The molecule has 1 atom stereocenters. The van der Waals surface area contributed by atoms with E-state index in [0.29, 0.717) is 11.3 Å². The van der Waals surface area contributed by atoms with Gasteiger partial charge in [-0.3, -0.25) is 4.79 Å². The van der Waals surface area contributed by atoms with Gasteiger partial charge in [-0.1, -0.05) is 38.1 Å². The number of carbonyl (C=O) groups is 3. The number of benzene rings is 3. The number of anilines is 2. The van der Waals surface area contributed by atoms with Crippen molar-refractivity contribution in [3.63, 3.8) is 0 Å². The van der Waals surface area contributed by atoms with Gasteiger partial charge in [-0.05, 0) is 77.9 Å². The molecule has 1 unspecified atom stereocenters. The lowest BCUT2D eigenvalue weighted by molar-refractivity contribution is -0.144. The van der Waals surface area contributed by atoms with Crippen LogP contribution in [0.3, 0.4) is 0 Å². The summed E-state index contributed by atoms with van der Waals surface area (Å²) in [5.41, 5.74) is 2.14. The summed E-state index contributed by atoms with van der Waals surface area (Å²) in [6.45, 7) is 7.24. The highest BCUT2D eigenvalue weighted by atomic mass is 19.4. The Morgan fingerprint density at radius 2 is 1.54 bits per heavy atom. The van der Waals surface area contributed by atoms with Crippen LogP contribution >= 0.6 is 0 Å². The molecule has 0 aliphatic carbocycles. The molecule has 3 amide bonds. The van der Waals surface area contributed by atoms with Gasteiger partial charge in [-0.25, -0.2) is 9.59 Å². The Kier molecular flexibility index (Phi) is 7.41. The van der Waals surface area contributed by atoms with E-state index in [1.165, 1.54) is 29.2 Å². The van der Waals surface area contributed by atoms with Gasteiger partial charge in [0.1, 0.15) is 6.04 Å². The van der Waals surface area contributed by atoms with E-state index in [1.54, 1.807) is 32.0 Å². The molecular weight excluding hydrogens is 511 g/mol. The number of fused-ring (bicyclic) bond motifs is 1. The standard InChI is InChI=1S/C29H28F3N3O4/c1-15(2)25(27(37)38)35-14-19-7-6-18(12-23(19)26(35)36)22-10-9-21(13-24(22)29(30,31)32)34-28(39)33-20-8-5-16(3)17(4)11-20/h5-13,15,25H,14H2,1-4H3,(H,37,38)(H2,33,34,39). The molecule has 1 heterocycles. The van der Waals surface area contributed by atoms with Gasteiger partial charge >= 0.3 is 18.2 Å². The predicted molar refractivity (Wildman–Crippen MR) is 142 cm³/mol. The molecule has 204 valence electrons. The van der Waals surface area contributed by atoms with E-state index in [2.05, 4.69) is 10.6 Å². The number of urea groups is 1. The smallest absolute Gasteiger partial charge is 0.417 e. The van der Waals surface area contributed by atoms with Crippen molar-refractivity contribution in [2.75, 3.05) is 10.6 Å². The fourth-order valence-corrected chi connectivity index (χ4v) is 4.71. The Bertz CT molecular complexity index is 1470. The van der Waals surface area contributed by atoms with Crippen molar-refractivity contribution >= 4 is 29.3 Å². The van der Waals surface area contributed by atoms with Gasteiger partial charge in [0.05, 0.1) is 5.56 Å². The van der Waals surface area contributed by atoms with Gasteiger partial charge in [0.15, 0.2) is 0 Å². The van der Waals surface area contributed by atoms with Crippen molar-refractivity contribution in [2.45, 2.75) is 46.5 Å².